The highest BCUT2D eigenvalue weighted by Gasteiger charge is 2.23. The number of benzene rings is 3. The standard InChI is InChI=1S/C26H22N4O/c1-30(2)23-15-13-19(14-16-23)17-22(18-27)26-28-25(29-31-26)24(20-9-5-3-6-10-20)21-11-7-4-8-12-21/h3-17,24H,1-2H3/b22-17+. The predicted octanol–water partition coefficient (Wildman–Crippen LogP) is 5.38. The molecule has 0 fully saturated rings. The fourth-order valence-electron chi connectivity index (χ4n) is 3.42. The number of rotatable bonds is 6. The maximum absolute atomic E-state index is 9.71. The zero-order valence-electron chi connectivity index (χ0n) is 17.4. The molecule has 31 heavy (non-hydrogen) atoms. The number of hydrogen-bond donors (Lipinski definition) is 0. The van der Waals surface area contributed by atoms with Gasteiger partial charge in [-0.15, -0.1) is 0 Å². The maximum Gasteiger partial charge on any atom is 0.268 e. The molecule has 4 aromatic rings. The van der Waals surface area contributed by atoms with Crippen LogP contribution in [0.1, 0.15) is 34.3 Å². The van der Waals surface area contributed by atoms with Crippen molar-refractivity contribution in [3.63, 3.8) is 0 Å². The predicted molar refractivity (Wildman–Crippen MR) is 122 cm³/mol. The summed E-state index contributed by atoms with van der Waals surface area (Å²) in [5, 5.41) is 13.9. The van der Waals surface area contributed by atoms with Crippen molar-refractivity contribution in [3.05, 3.63) is 113 Å². The summed E-state index contributed by atoms with van der Waals surface area (Å²) >= 11 is 0. The Labute approximate surface area is 181 Å². The second-order valence-electron chi connectivity index (χ2n) is 7.37. The fraction of sp³-hybridized carbons (Fsp3) is 0.115. The van der Waals surface area contributed by atoms with Crippen molar-refractivity contribution in [1.82, 2.24) is 10.1 Å². The highest BCUT2D eigenvalue weighted by atomic mass is 16.5. The van der Waals surface area contributed by atoms with Crippen LogP contribution in [-0.4, -0.2) is 24.2 Å². The smallest absolute Gasteiger partial charge is 0.268 e. The Morgan fingerprint density at radius 1 is 0.903 bits per heavy atom. The van der Waals surface area contributed by atoms with Crippen molar-refractivity contribution in [2.45, 2.75) is 5.92 Å². The normalized spacial score (nSPS) is 11.4. The molecule has 0 saturated carbocycles. The SMILES string of the molecule is CN(C)c1ccc(/C=C(\C#N)c2nc(C(c3ccccc3)c3ccccc3)no2)cc1. The van der Waals surface area contributed by atoms with Crippen molar-refractivity contribution in [2.75, 3.05) is 19.0 Å². The van der Waals surface area contributed by atoms with Crippen molar-refractivity contribution in [1.29, 1.82) is 5.26 Å². The van der Waals surface area contributed by atoms with Gasteiger partial charge in [0.2, 0.25) is 0 Å². The van der Waals surface area contributed by atoms with E-state index >= 15 is 0 Å². The van der Waals surface area contributed by atoms with Gasteiger partial charge in [-0.3, -0.25) is 0 Å². The Kier molecular flexibility index (Phi) is 5.91. The van der Waals surface area contributed by atoms with E-state index in [9.17, 15) is 5.26 Å². The van der Waals surface area contributed by atoms with Crippen LogP contribution in [0.4, 0.5) is 5.69 Å². The van der Waals surface area contributed by atoms with Gasteiger partial charge in [0, 0.05) is 19.8 Å². The van der Waals surface area contributed by atoms with Crippen LogP contribution in [0.2, 0.25) is 0 Å². The Bertz CT molecular complexity index is 1160. The van der Waals surface area contributed by atoms with E-state index < -0.39 is 0 Å². The number of anilines is 1. The summed E-state index contributed by atoms with van der Waals surface area (Å²) in [5.74, 6) is 0.557. The van der Waals surface area contributed by atoms with E-state index in [0.717, 1.165) is 22.4 Å². The molecule has 5 heteroatoms. The van der Waals surface area contributed by atoms with E-state index in [1.807, 2.05) is 104 Å². The van der Waals surface area contributed by atoms with Crippen LogP contribution in [0, 0.1) is 11.3 Å². The zero-order valence-corrected chi connectivity index (χ0v) is 17.4. The first-order valence-corrected chi connectivity index (χ1v) is 9.99. The van der Waals surface area contributed by atoms with Gasteiger partial charge in [0.05, 0.1) is 5.92 Å². The molecule has 0 aliphatic rings. The summed E-state index contributed by atoms with van der Waals surface area (Å²) < 4.78 is 5.52. The lowest BCUT2D eigenvalue weighted by Gasteiger charge is -2.14. The van der Waals surface area contributed by atoms with Crippen LogP contribution in [0.5, 0.6) is 0 Å². The summed E-state index contributed by atoms with van der Waals surface area (Å²) in [6.45, 7) is 0. The minimum atomic E-state index is -0.181. The quantitative estimate of drug-likeness (QED) is 0.402. The number of hydrogen-bond acceptors (Lipinski definition) is 5. The molecule has 0 radical (unpaired) electrons. The lowest BCUT2D eigenvalue weighted by molar-refractivity contribution is 0.401. The van der Waals surface area contributed by atoms with Gasteiger partial charge in [0.1, 0.15) is 11.6 Å². The maximum atomic E-state index is 9.71. The molecule has 1 heterocycles. The Balaban J connectivity index is 1.70. The zero-order chi connectivity index (χ0) is 21.6. The van der Waals surface area contributed by atoms with Crippen LogP contribution in [0.25, 0.3) is 11.6 Å². The number of allylic oxidation sites excluding steroid dienone is 1. The van der Waals surface area contributed by atoms with Gasteiger partial charge in [0.25, 0.3) is 5.89 Å². The lowest BCUT2D eigenvalue weighted by Crippen LogP contribution is -2.07. The van der Waals surface area contributed by atoms with E-state index in [1.165, 1.54) is 0 Å². The van der Waals surface area contributed by atoms with Gasteiger partial charge < -0.3 is 9.42 Å². The van der Waals surface area contributed by atoms with E-state index in [4.69, 9.17) is 4.52 Å². The van der Waals surface area contributed by atoms with E-state index in [0.29, 0.717) is 11.4 Å². The summed E-state index contributed by atoms with van der Waals surface area (Å²) in [6.07, 6.45) is 1.76. The molecule has 5 nitrogen and oxygen atoms in total. The molecular formula is C26H22N4O. The molecule has 0 unspecified atom stereocenters. The second kappa shape index (κ2) is 9.10. The largest absolute Gasteiger partial charge is 0.378 e. The Morgan fingerprint density at radius 2 is 1.48 bits per heavy atom. The highest BCUT2D eigenvalue weighted by Crippen LogP contribution is 2.31. The molecule has 0 bridgehead atoms. The summed E-state index contributed by atoms with van der Waals surface area (Å²) in [5.41, 5.74) is 4.43. The number of nitrogens with zero attached hydrogens (tertiary/aromatic N) is 4. The van der Waals surface area contributed by atoms with Gasteiger partial charge in [-0.25, -0.2) is 0 Å². The first-order chi connectivity index (χ1) is 15.2. The third kappa shape index (κ3) is 4.54. The Morgan fingerprint density at radius 3 is 2.00 bits per heavy atom. The third-order valence-electron chi connectivity index (χ3n) is 5.04. The lowest BCUT2D eigenvalue weighted by atomic mass is 9.91. The molecule has 0 aliphatic heterocycles. The summed E-state index contributed by atoms with van der Waals surface area (Å²) in [6, 6.07) is 30.2. The Hall–Kier alpha value is -4.17. The van der Waals surface area contributed by atoms with Crippen LogP contribution in [0.15, 0.2) is 89.5 Å². The molecule has 0 amide bonds. The van der Waals surface area contributed by atoms with E-state index in [1.54, 1.807) is 6.08 Å². The average Bonchev–Trinajstić information content (AvgIpc) is 3.29. The molecule has 1 aromatic heterocycles. The van der Waals surface area contributed by atoms with Gasteiger partial charge in [0.15, 0.2) is 5.82 Å². The molecule has 0 saturated heterocycles. The topological polar surface area (TPSA) is 66.0 Å². The van der Waals surface area contributed by atoms with Gasteiger partial charge in [-0.05, 0) is 34.9 Å². The van der Waals surface area contributed by atoms with Crippen molar-refractivity contribution < 1.29 is 4.52 Å². The van der Waals surface area contributed by atoms with Crippen LogP contribution >= 0.6 is 0 Å². The molecule has 4 rings (SSSR count). The monoisotopic (exact) mass is 406 g/mol. The number of aromatic nitrogens is 2. The molecule has 152 valence electrons. The fourth-order valence-corrected chi connectivity index (χ4v) is 3.42. The molecule has 0 N–H and O–H groups in total. The molecular weight excluding hydrogens is 384 g/mol. The number of nitriles is 1. The van der Waals surface area contributed by atoms with Crippen LogP contribution < -0.4 is 4.90 Å². The molecule has 0 atom stereocenters. The molecule has 3 aromatic carbocycles. The van der Waals surface area contributed by atoms with E-state index in [2.05, 4.69) is 16.2 Å². The van der Waals surface area contributed by atoms with Crippen molar-refractivity contribution >= 4 is 17.3 Å². The molecule has 0 aliphatic carbocycles. The minimum absolute atomic E-state index is 0.181. The van der Waals surface area contributed by atoms with Gasteiger partial charge in [-0.2, -0.15) is 10.2 Å². The van der Waals surface area contributed by atoms with Gasteiger partial charge in [-0.1, -0.05) is 78.0 Å². The van der Waals surface area contributed by atoms with Crippen molar-refractivity contribution in [3.8, 4) is 6.07 Å². The first-order valence-electron chi connectivity index (χ1n) is 9.99. The van der Waals surface area contributed by atoms with E-state index in [-0.39, 0.29) is 11.8 Å². The minimum Gasteiger partial charge on any atom is -0.378 e. The van der Waals surface area contributed by atoms with Gasteiger partial charge >= 0.3 is 0 Å². The average molecular weight is 406 g/mol. The first kappa shape index (κ1) is 20.1. The van der Waals surface area contributed by atoms with Crippen LogP contribution in [0.3, 0.4) is 0 Å². The van der Waals surface area contributed by atoms with Crippen molar-refractivity contribution in [2.24, 2.45) is 0 Å². The summed E-state index contributed by atoms with van der Waals surface area (Å²) in [4.78, 5) is 6.62. The highest BCUT2D eigenvalue weighted by molar-refractivity contribution is 5.86. The molecule has 0 spiro atoms. The summed E-state index contributed by atoms with van der Waals surface area (Å²) in [7, 11) is 3.98. The second-order valence-corrected chi connectivity index (χ2v) is 7.37. The third-order valence-corrected chi connectivity index (χ3v) is 5.04. The van der Waals surface area contributed by atoms with Crippen LogP contribution in [-0.2, 0) is 0 Å².